The first kappa shape index (κ1) is 10.8. The fraction of sp³-hybridized carbons (Fsp3) is 0.571. The van der Waals surface area contributed by atoms with Gasteiger partial charge in [-0.15, -0.1) is 23.2 Å². The molecule has 1 unspecified atom stereocenters. The minimum atomic E-state index is -0.342. The van der Waals surface area contributed by atoms with Crippen LogP contribution in [0.1, 0.15) is 6.42 Å². The highest BCUT2D eigenvalue weighted by atomic mass is 35.5. The summed E-state index contributed by atoms with van der Waals surface area (Å²) in [6.07, 6.45) is 1.65. The summed E-state index contributed by atoms with van der Waals surface area (Å²) in [6.45, 7) is 3.62. The van der Waals surface area contributed by atoms with Crippen LogP contribution in [0.5, 0.6) is 0 Å². The lowest BCUT2D eigenvalue weighted by Gasteiger charge is -2.03. The van der Waals surface area contributed by atoms with Crippen molar-refractivity contribution < 1.29 is 9.53 Å². The standard InChI is InChI=1S/C7H10Cl2O2/c1-2-3-11-7(10)4-6(9)5-8/h2,6H,1,3-5H2. The number of hydrogen-bond acceptors (Lipinski definition) is 2. The number of hydrogen-bond donors (Lipinski definition) is 0. The first-order valence-corrected chi connectivity index (χ1v) is 4.14. The van der Waals surface area contributed by atoms with E-state index >= 15 is 0 Å². The number of rotatable bonds is 5. The molecule has 0 aromatic heterocycles. The Bertz CT molecular complexity index is 136. The van der Waals surface area contributed by atoms with Crippen LogP contribution in [0.2, 0.25) is 0 Å². The summed E-state index contributed by atoms with van der Waals surface area (Å²) in [5.41, 5.74) is 0. The molecular formula is C7H10Cl2O2. The number of ether oxygens (including phenoxy) is 1. The Kier molecular flexibility index (Phi) is 6.37. The molecule has 0 radical (unpaired) electrons. The van der Waals surface area contributed by atoms with Crippen molar-refractivity contribution in [3.05, 3.63) is 12.7 Å². The molecule has 0 saturated heterocycles. The molecule has 0 N–H and O–H groups in total. The monoisotopic (exact) mass is 196 g/mol. The van der Waals surface area contributed by atoms with Gasteiger partial charge in [0, 0.05) is 5.88 Å². The molecule has 2 nitrogen and oxygen atoms in total. The normalized spacial score (nSPS) is 12.2. The molecule has 11 heavy (non-hydrogen) atoms. The topological polar surface area (TPSA) is 26.3 Å². The van der Waals surface area contributed by atoms with Gasteiger partial charge in [-0.05, 0) is 0 Å². The molecule has 4 heteroatoms. The van der Waals surface area contributed by atoms with Gasteiger partial charge in [0.05, 0.1) is 11.8 Å². The zero-order valence-corrected chi connectivity index (χ0v) is 7.57. The van der Waals surface area contributed by atoms with Gasteiger partial charge in [0.25, 0.3) is 0 Å². The molecule has 64 valence electrons. The number of esters is 1. The van der Waals surface area contributed by atoms with Crippen molar-refractivity contribution in [3.63, 3.8) is 0 Å². The van der Waals surface area contributed by atoms with Crippen LogP contribution in [0.4, 0.5) is 0 Å². The number of carbonyl (C=O) groups is 1. The van der Waals surface area contributed by atoms with Gasteiger partial charge < -0.3 is 4.74 Å². The predicted octanol–water partition coefficient (Wildman–Crippen LogP) is 1.95. The van der Waals surface area contributed by atoms with Crippen molar-refractivity contribution in [2.75, 3.05) is 12.5 Å². The van der Waals surface area contributed by atoms with E-state index in [-0.39, 0.29) is 30.3 Å². The van der Waals surface area contributed by atoms with E-state index in [0.717, 1.165) is 0 Å². The summed E-state index contributed by atoms with van der Waals surface area (Å²) in [7, 11) is 0. The van der Waals surface area contributed by atoms with Crippen LogP contribution in [0.25, 0.3) is 0 Å². The van der Waals surface area contributed by atoms with Crippen LogP contribution in [0, 0.1) is 0 Å². The zero-order chi connectivity index (χ0) is 8.69. The molecule has 0 aliphatic rings. The Balaban J connectivity index is 3.43. The largest absolute Gasteiger partial charge is 0.461 e. The van der Waals surface area contributed by atoms with E-state index in [1.807, 2.05) is 0 Å². The Morgan fingerprint density at radius 3 is 2.82 bits per heavy atom. The van der Waals surface area contributed by atoms with Crippen LogP contribution in [-0.4, -0.2) is 23.8 Å². The summed E-state index contributed by atoms with van der Waals surface area (Å²) in [4.78, 5) is 10.8. The molecule has 0 spiro atoms. The molecule has 1 atom stereocenters. The Hall–Kier alpha value is -0.210. The van der Waals surface area contributed by atoms with E-state index < -0.39 is 0 Å². The van der Waals surface area contributed by atoms with Crippen molar-refractivity contribution in [2.24, 2.45) is 0 Å². The van der Waals surface area contributed by atoms with Crippen LogP contribution >= 0.6 is 23.2 Å². The predicted molar refractivity (Wildman–Crippen MR) is 46.1 cm³/mol. The maximum Gasteiger partial charge on any atom is 0.307 e. The van der Waals surface area contributed by atoms with Crippen molar-refractivity contribution in [3.8, 4) is 0 Å². The third-order valence-corrected chi connectivity index (χ3v) is 1.76. The molecule has 0 aromatic carbocycles. The second-order valence-electron chi connectivity index (χ2n) is 1.93. The third-order valence-electron chi connectivity index (χ3n) is 0.918. The van der Waals surface area contributed by atoms with Crippen LogP contribution < -0.4 is 0 Å². The molecule has 0 saturated carbocycles. The smallest absolute Gasteiger partial charge is 0.307 e. The number of halogens is 2. The quantitative estimate of drug-likeness (QED) is 0.382. The van der Waals surface area contributed by atoms with Gasteiger partial charge >= 0.3 is 5.97 Å². The number of carbonyl (C=O) groups excluding carboxylic acids is 1. The van der Waals surface area contributed by atoms with Crippen LogP contribution in [-0.2, 0) is 9.53 Å². The fourth-order valence-electron chi connectivity index (χ4n) is 0.446. The molecule has 0 aliphatic heterocycles. The lowest BCUT2D eigenvalue weighted by molar-refractivity contribution is -0.142. The van der Waals surface area contributed by atoms with Gasteiger partial charge in [-0.25, -0.2) is 0 Å². The maximum atomic E-state index is 10.8. The Morgan fingerprint density at radius 2 is 2.36 bits per heavy atom. The van der Waals surface area contributed by atoms with Gasteiger partial charge in [0.2, 0.25) is 0 Å². The van der Waals surface area contributed by atoms with Gasteiger partial charge in [0.15, 0.2) is 0 Å². The first-order valence-electron chi connectivity index (χ1n) is 3.17. The van der Waals surface area contributed by atoms with Gasteiger partial charge in [-0.1, -0.05) is 12.7 Å². The summed E-state index contributed by atoms with van der Waals surface area (Å²) < 4.78 is 4.66. The highest BCUT2D eigenvalue weighted by molar-refractivity contribution is 6.28. The summed E-state index contributed by atoms with van der Waals surface area (Å²) in [6, 6.07) is 0. The van der Waals surface area contributed by atoms with Crippen molar-refractivity contribution in [1.82, 2.24) is 0 Å². The molecule has 0 aromatic rings. The molecule has 0 rings (SSSR count). The lowest BCUT2D eigenvalue weighted by Crippen LogP contribution is -2.12. The van der Waals surface area contributed by atoms with E-state index in [1.165, 1.54) is 6.08 Å². The van der Waals surface area contributed by atoms with E-state index in [0.29, 0.717) is 0 Å². The second-order valence-corrected chi connectivity index (χ2v) is 2.85. The zero-order valence-electron chi connectivity index (χ0n) is 6.06. The van der Waals surface area contributed by atoms with Crippen molar-refractivity contribution in [2.45, 2.75) is 11.8 Å². The van der Waals surface area contributed by atoms with E-state index in [4.69, 9.17) is 23.2 Å². The van der Waals surface area contributed by atoms with Gasteiger partial charge in [0.1, 0.15) is 6.61 Å². The third kappa shape index (κ3) is 6.20. The van der Waals surface area contributed by atoms with E-state index in [2.05, 4.69) is 11.3 Å². The first-order chi connectivity index (χ1) is 5.20. The van der Waals surface area contributed by atoms with Crippen molar-refractivity contribution in [1.29, 1.82) is 0 Å². The lowest BCUT2D eigenvalue weighted by atomic mass is 10.3. The van der Waals surface area contributed by atoms with Gasteiger partial charge in [-0.3, -0.25) is 4.79 Å². The highest BCUT2D eigenvalue weighted by Gasteiger charge is 2.09. The summed E-state index contributed by atoms with van der Waals surface area (Å²) in [5, 5.41) is -0.339. The van der Waals surface area contributed by atoms with E-state index in [1.54, 1.807) is 0 Å². The molecular weight excluding hydrogens is 187 g/mol. The summed E-state index contributed by atoms with van der Waals surface area (Å²) in [5.74, 6) is -0.0874. The number of alkyl halides is 2. The van der Waals surface area contributed by atoms with E-state index in [9.17, 15) is 4.79 Å². The Labute approximate surface area is 76.1 Å². The SMILES string of the molecule is C=CCOC(=O)CC(Cl)CCl. The Morgan fingerprint density at radius 1 is 1.73 bits per heavy atom. The second kappa shape index (κ2) is 6.50. The average Bonchev–Trinajstić information content (AvgIpc) is 2.00. The van der Waals surface area contributed by atoms with Crippen LogP contribution in [0.15, 0.2) is 12.7 Å². The highest BCUT2D eigenvalue weighted by Crippen LogP contribution is 2.05. The summed E-state index contributed by atoms with van der Waals surface area (Å²) >= 11 is 11.0. The van der Waals surface area contributed by atoms with Crippen LogP contribution in [0.3, 0.4) is 0 Å². The molecule has 0 aliphatic carbocycles. The van der Waals surface area contributed by atoms with Crippen molar-refractivity contribution >= 4 is 29.2 Å². The minimum Gasteiger partial charge on any atom is -0.461 e. The minimum absolute atomic E-state index is 0.152. The molecule has 0 bridgehead atoms. The maximum absolute atomic E-state index is 10.8. The molecule has 0 fully saturated rings. The molecule has 0 amide bonds. The average molecular weight is 197 g/mol. The fourth-order valence-corrected chi connectivity index (χ4v) is 0.681. The molecule has 0 heterocycles. The van der Waals surface area contributed by atoms with Gasteiger partial charge in [-0.2, -0.15) is 0 Å².